The highest BCUT2D eigenvalue weighted by Gasteiger charge is 2.25. The van der Waals surface area contributed by atoms with Gasteiger partial charge in [-0.15, -0.1) is 0 Å². The van der Waals surface area contributed by atoms with Gasteiger partial charge in [-0.05, 0) is 38.0 Å². The number of halogens is 2. The van der Waals surface area contributed by atoms with Gasteiger partial charge in [-0.25, -0.2) is 9.37 Å². The van der Waals surface area contributed by atoms with Gasteiger partial charge in [-0.3, -0.25) is 4.79 Å². The third kappa shape index (κ3) is 3.85. The first-order valence-corrected chi connectivity index (χ1v) is 10.5. The predicted molar refractivity (Wildman–Crippen MR) is 112 cm³/mol. The summed E-state index contributed by atoms with van der Waals surface area (Å²) in [4.78, 5) is 19.6. The zero-order valence-electron chi connectivity index (χ0n) is 16.4. The first kappa shape index (κ1) is 19.8. The fourth-order valence-electron chi connectivity index (χ4n) is 3.75. The van der Waals surface area contributed by atoms with Gasteiger partial charge in [-0.2, -0.15) is 9.61 Å². The number of carbonyl (C=O) groups excluding carboxylic acids is 1. The molecule has 1 aliphatic rings. The van der Waals surface area contributed by atoms with E-state index in [1.165, 1.54) is 17.7 Å². The van der Waals surface area contributed by atoms with E-state index in [1.54, 1.807) is 24.3 Å². The Morgan fingerprint density at radius 1 is 1.24 bits per heavy atom. The van der Waals surface area contributed by atoms with Crippen LogP contribution in [-0.2, 0) is 0 Å². The molecule has 3 heterocycles. The van der Waals surface area contributed by atoms with Crippen molar-refractivity contribution in [2.24, 2.45) is 0 Å². The maximum Gasteiger partial charge on any atom is 0.272 e. The van der Waals surface area contributed by atoms with Crippen molar-refractivity contribution in [3.63, 3.8) is 0 Å². The monoisotopic (exact) mass is 460 g/mol. The number of ether oxygens (including phenoxy) is 1. The lowest BCUT2D eigenvalue weighted by molar-refractivity contribution is 0.0691. The Labute approximate surface area is 176 Å². The maximum absolute atomic E-state index is 14.4. The maximum atomic E-state index is 14.4. The fourth-order valence-corrected chi connectivity index (χ4v) is 4.09. The average molecular weight is 461 g/mol. The molecule has 1 fully saturated rings. The molecule has 1 atom stereocenters. The summed E-state index contributed by atoms with van der Waals surface area (Å²) in [6, 6.07) is 8.23. The molecule has 1 aromatic carbocycles. The van der Waals surface area contributed by atoms with Crippen LogP contribution in [-0.4, -0.2) is 45.1 Å². The summed E-state index contributed by atoms with van der Waals surface area (Å²) in [7, 11) is 1.51. The largest absolute Gasteiger partial charge is 0.481 e. The normalized spacial score (nSPS) is 17.4. The van der Waals surface area contributed by atoms with Crippen molar-refractivity contribution in [3.8, 4) is 17.1 Å². The number of fused-ring (bicyclic) bond motifs is 1. The molecule has 2 aromatic heterocycles. The zero-order valence-corrected chi connectivity index (χ0v) is 17.9. The Bertz CT molecular complexity index is 1070. The SMILES string of the molecule is COc1cc(C(=O)N2CCCCC[C@H]2C)nc2cc(-c3ccc(Br)cc3F)nn12. The molecule has 0 unspecified atom stereocenters. The van der Waals surface area contributed by atoms with Crippen LogP contribution in [0.25, 0.3) is 16.9 Å². The van der Waals surface area contributed by atoms with Gasteiger partial charge >= 0.3 is 0 Å². The number of amides is 1. The molecule has 4 rings (SSSR count). The molecule has 0 N–H and O–H groups in total. The van der Waals surface area contributed by atoms with E-state index in [2.05, 4.69) is 32.9 Å². The number of carbonyl (C=O) groups is 1. The lowest BCUT2D eigenvalue weighted by atomic mass is 10.1. The van der Waals surface area contributed by atoms with Gasteiger partial charge in [-0.1, -0.05) is 28.8 Å². The molecule has 0 bridgehead atoms. The molecule has 152 valence electrons. The van der Waals surface area contributed by atoms with Crippen LogP contribution < -0.4 is 4.74 Å². The van der Waals surface area contributed by atoms with Crippen molar-refractivity contribution >= 4 is 27.5 Å². The van der Waals surface area contributed by atoms with E-state index >= 15 is 0 Å². The number of likely N-dealkylation sites (tertiary alicyclic amines) is 1. The van der Waals surface area contributed by atoms with E-state index in [-0.39, 0.29) is 11.9 Å². The minimum Gasteiger partial charge on any atom is -0.481 e. The number of benzene rings is 1. The van der Waals surface area contributed by atoms with E-state index in [0.717, 1.165) is 32.2 Å². The summed E-state index contributed by atoms with van der Waals surface area (Å²) in [5.74, 6) is -0.126. The van der Waals surface area contributed by atoms with Crippen LogP contribution in [0.15, 0.2) is 34.8 Å². The van der Waals surface area contributed by atoms with E-state index in [9.17, 15) is 9.18 Å². The van der Waals surface area contributed by atoms with Crippen LogP contribution in [0.4, 0.5) is 4.39 Å². The number of aromatic nitrogens is 3. The van der Waals surface area contributed by atoms with Crippen LogP contribution >= 0.6 is 15.9 Å². The van der Waals surface area contributed by atoms with Gasteiger partial charge in [0.25, 0.3) is 5.91 Å². The Balaban J connectivity index is 1.76. The standard InChI is InChI=1S/C21H22BrFN4O2/c1-13-6-4-3-5-9-26(13)21(28)18-12-20(29-2)27-19(24-18)11-17(25-27)15-8-7-14(22)10-16(15)23/h7-8,10-13H,3-6,9H2,1-2H3/t13-/m1/s1. The van der Waals surface area contributed by atoms with E-state index < -0.39 is 5.82 Å². The van der Waals surface area contributed by atoms with Crippen molar-refractivity contribution < 1.29 is 13.9 Å². The lowest BCUT2D eigenvalue weighted by Gasteiger charge is -2.26. The Hall–Kier alpha value is -2.48. The summed E-state index contributed by atoms with van der Waals surface area (Å²) in [6.45, 7) is 2.80. The number of methoxy groups -OCH3 is 1. The molecule has 6 nitrogen and oxygen atoms in total. The summed E-state index contributed by atoms with van der Waals surface area (Å²) in [6.07, 6.45) is 4.25. The van der Waals surface area contributed by atoms with Crippen LogP contribution in [0.2, 0.25) is 0 Å². The topological polar surface area (TPSA) is 59.7 Å². The molecule has 3 aromatic rings. The Kier molecular flexibility index (Phi) is 5.54. The third-order valence-corrected chi connectivity index (χ3v) is 5.84. The lowest BCUT2D eigenvalue weighted by Crippen LogP contribution is -2.38. The van der Waals surface area contributed by atoms with Gasteiger partial charge in [0.1, 0.15) is 11.5 Å². The zero-order chi connectivity index (χ0) is 20.5. The first-order valence-electron chi connectivity index (χ1n) is 9.69. The minimum absolute atomic E-state index is 0.113. The Morgan fingerprint density at radius 2 is 2.07 bits per heavy atom. The molecule has 1 amide bonds. The molecule has 1 saturated heterocycles. The van der Waals surface area contributed by atoms with Crippen molar-refractivity contribution in [1.82, 2.24) is 19.5 Å². The second-order valence-corrected chi connectivity index (χ2v) is 8.22. The van der Waals surface area contributed by atoms with Crippen LogP contribution in [0.5, 0.6) is 5.88 Å². The highest BCUT2D eigenvalue weighted by molar-refractivity contribution is 9.10. The number of hydrogen-bond donors (Lipinski definition) is 0. The van der Waals surface area contributed by atoms with Crippen molar-refractivity contribution in [3.05, 3.63) is 46.3 Å². The highest BCUT2D eigenvalue weighted by Crippen LogP contribution is 2.27. The van der Waals surface area contributed by atoms with Gasteiger partial charge in [0.05, 0.1) is 12.8 Å². The van der Waals surface area contributed by atoms with Crippen molar-refractivity contribution in [1.29, 1.82) is 0 Å². The van der Waals surface area contributed by atoms with Gasteiger partial charge in [0.15, 0.2) is 5.65 Å². The summed E-state index contributed by atoms with van der Waals surface area (Å²) < 4.78 is 22.0. The molecule has 0 spiro atoms. The van der Waals surface area contributed by atoms with Crippen molar-refractivity contribution in [2.75, 3.05) is 13.7 Å². The fraction of sp³-hybridized carbons (Fsp3) is 0.381. The van der Waals surface area contributed by atoms with Crippen LogP contribution in [0.1, 0.15) is 43.1 Å². The summed E-state index contributed by atoms with van der Waals surface area (Å²) in [5.41, 5.74) is 1.53. The van der Waals surface area contributed by atoms with Gasteiger partial charge < -0.3 is 9.64 Å². The molecule has 1 aliphatic heterocycles. The summed E-state index contributed by atoms with van der Waals surface area (Å²) >= 11 is 3.26. The molecule has 0 radical (unpaired) electrons. The molecular formula is C21H22BrFN4O2. The average Bonchev–Trinajstić information content (AvgIpc) is 3.01. The minimum atomic E-state index is -0.392. The first-order chi connectivity index (χ1) is 14.0. The quantitative estimate of drug-likeness (QED) is 0.567. The predicted octanol–water partition coefficient (Wildman–Crippen LogP) is 4.71. The molecule has 29 heavy (non-hydrogen) atoms. The van der Waals surface area contributed by atoms with Gasteiger partial charge in [0.2, 0.25) is 5.88 Å². The summed E-state index contributed by atoms with van der Waals surface area (Å²) in [5, 5.41) is 4.44. The molecule has 8 heteroatoms. The number of nitrogens with zero attached hydrogens (tertiary/aromatic N) is 4. The number of rotatable bonds is 3. The Morgan fingerprint density at radius 3 is 2.83 bits per heavy atom. The molecule has 0 saturated carbocycles. The van der Waals surface area contributed by atoms with E-state index in [0.29, 0.717) is 33.0 Å². The van der Waals surface area contributed by atoms with E-state index in [1.807, 2.05) is 4.90 Å². The number of hydrogen-bond acceptors (Lipinski definition) is 4. The second kappa shape index (κ2) is 8.10. The smallest absolute Gasteiger partial charge is 0.272 e. The van der Waals surface area contributed by atoms with Crippen LogP contribution in [0.3, 0.4) is 0 Å². The van der Waals surface area contributed by atoms with Crippen LogP contribution in [0, 0.1) is 5.82 Å². The van der Waals surface area contributed by atoms with E-state index in [4.69, 9.17) is 4.74 Å². The third-order valence-electron chi connectivity index (χ3n) is 5.34. The molecule has 0 aliphatic carbocycles. The van der Waals surface area contributed by atoms with Gasteiger partial charge in [0, 0.05) is 34.8 Å². The second-order valence-electron chi connectivity index (χ2n) is 7.30. The van der Waals surface area contributed by atoms with Crippen molar-refractivity contribution in [2.45, 2.75) is 38.6 Å². The molecular weight excluding hydrogens is 439 g/mol. The highest BCUT2D eigenvalue weighted by atomic mass is 79.9.